The number of nitrogens with zero attached hydrogens (tertiary/aromatic N) is 1. The van der Waals surface area contributed by atoms with E-state index >= 15 is 0 Å². The van der Waals surface area contributed by atoms with Crippen molar-refractivity contribution in [3.63, 3.8) is 0 Å². The summed E-state index contributed by atoms with van der Waals surface area (Å²) in [5.41, 5.74) is -0.114. The van der Waals surface area contributed by atoms with Gasteiger partial charge in [0.25, 0.3) is 0 Å². The van der Waals surface area contributed by atoms with Gasteiger partial charge in [-0.1, -0.05) is 18.2 Å². The molecule has 0 aliphatic rings. The minimum absolute atomic E-state index is 0.0495. The monoisotopic (exact) mass is 265 g/mol. The first-order valence-electron chi connectivity index (χ1n) is 6.39. The topological polar surface area (TPSA) is 20.3 Å². The van der Waals surface area contributed by atoms with E-state index in [9.17, 15) is 4.79 Å². The number of rotatable bonds is 4. The third-order valence-corrected chi connectivity index (χ3v) is 3.90. The lowest BCUT2D eigenvalue weighted by molar-refractivity contribution is -0.134. The van der Waals surface area contributed by atoms with E-state index in [4.69, 9.17) is 0 Å². The Hall–Kier alpha value is -0.960. The average molecular weight is 265 g/mol. The van der Waals surface area contributed by atoms with Gasteiger partial charge in [-0.25, -0.2) is 0 Å². The first-order valence-corrected chi connectivity index (χ1v) is 7.27. The zero-order chi connectivity index (χ0) is 13.8. The van der Waals surface area contributed by atoms with E-state index in [1.807, 2.05) is 49.1 Å². The maximum atomic E-state index is 12.4. The fourth-order valence-electron chi connectivity index (χ4n) is 1.93. The Morgan fingerprint density at radius 2 is 1.83 bits per heavy atom. The lowest BCUT2D eigenvalue weighted by Crippen LogP contribution is -2.48. The van der Waals surface area contributed by atoms with E-state index in [2.05, 4.69) is 20.8 Å². The van der Waals surface area contributed by atoms with Crippen molar-refractivity contribution in [1.82, 2.24) is 4.90 Å². The predicted molar refractivity (Wildman–Crippen MR) is 78.9 cm³/mol. The molecule has 0 aromatic heterocycles. The molecule has 100 valence electrons. The summed E-state index contributed by atoms with van der Waals surface area (Å²) in [5, 5.41) is -0.0495. The third kappa shape index (κ3) is 4.05. The zero-order valence-corrected chi connectivity index (χ0v) is 12.8. The number of carbonyl (C=O) groups is 1. The molecule has 0 saturated heterocycles. The second-order valence-corrected chi connectivity index (χ2v) is 6.74. The summed E-state index contributed by atoms with van der Waals surface area (Å²) in [6, 6.07) is 10.1. The van der Waals surface area contributed by atoms with Crippen LogP contribution in [0.5, 0.6) is 0 Å². The minimum atomic E-state index is -0.114. The smallest absolute Gasteiger partial charge is 0.236 e. The molecule has 18 heavy (non-hydrogen) atoms. The maximum absolute atomic E-state index is 12.4. The van der Waals surface area contributed by atoms with Gasteiger partial charge in [-0.2, -0.15) is 0 Å². The summed E-state index contributed by atoms with van der Waals surface area (Å²) in [6.45, 7) is 11.0. The van der Waals surface area contributed by atoms with Crippen LogP contribution < -0.4 is 0 Å². The molecule has 2 nitrogen and oxygen atoms in total. The minimum Gasteiger partial charge on any atom is -0.337 e. The third-order valence-electron chi connectivity index (χ3n) is 2.80. The van der Waals surface area contributed by atoms with Crippen LogP contribution in [0.3, 0.4) is 0 Å². The summed E-state index contributed by atoms with van der Waals surface area (Å²) in [5.74, 6) is 0.207. The van der Waals surface area contributed by atoms with E-state index in [-0.39, 0.29) is 16.7 Å². The van der Waals surface area contributed by atoms with Crippen molar-refractivity contribution in [3.05, 3.63) is 30.3 Å². The summed E-state index contributed by atoms with van der Waals surface area (Å²) >= 11 is 1.62. The summed E-state index contributed by atoms with van der Waals surface area (Å²) in [6.07, 6.45) is 0. The lowest BCUT2D eigenvalue weighted by Gasteiger charge is -2.36. The highest BCUT2D eigenvalue weighted by atomic mass is 32.2. The highest BCUT2D eigenvalue weighted by molar-refractivity contribution is 8.00. The summed E-state index contributed by atoms with van der Waals surface area (Å²) < 4.78 is 0. The van der Waals surface area contributed by atoms with Crippen LogP contribution in [-0.2, 0) is 4.79 Å². The molecule has 0 aliphatic carbocycles. The highest BCUT2D eigenvalue weighted by Crippen LogP contribution is 2.26. The van der Waals surface area contributed by atoms with Gasteiger partial charge in [0.1, 0.15) is 0 Å². The Morgan fingerprint density at radius 1 is 1.28 bits per heavy atom. The van der Waals surface area contributed by atoms with E-state index in [1.165, 1.54) is 0 Å². The molecule has 1 aromatic carbocycles. The van der Waals surface area contributed by atoms with Crippen LogP contribution in [0.4, 0.5) is 0 Å². The molecule has 0 N–H and O–H groups in total. The number of carbonyl (C=O) groups excluding carboxylic acids is 1. The fourth-order valence-corrected chi connectivity index (χ4v) is 2.88. The number of thioether (sulfide) groups is 1. The first kappa shape index (κ1) is 15.1. The lowest BCUT2D eigenvalue weighted by atomic mass is 10.1. The molecule has 0 radical (unpaired) electrons. The van der Waals surface area contributed by atoms with Crippen molar-refractivity contribution in [2.24, 2.45) is 0 Å². The van der Waals surface area contributed by atoms with Crippen molar-refractivity contribution in [2.75, 3.05) is 6.54 Å². The van der Waals surface area contributed by atoms with E-state index in [0.29, 0.717) is 0 Å². The van der Waals surface area contributed by atoms with Gasteiger partial charge in [0, 0.05) is 17.0 Å². The molecule has 0 fully saturated rings. The summed E-state index contributed by atoms with van der Waals surface area (Å²) in [7, 11) is 0. The van der Waals surface area contributed by atoms with Crippen LogP contribution in [0.15, 0.2) is 35.2 Å². The van der Waals surface area contributed by atoms with Crippen LogP contribution in [0, 0.1) is 0 Å². The molecular weight excluding hydrogens is 242 g/mol. The Bertz CT molecular complexity index is 383. The van der Waals surface area contributed by atoms with Gasteiger partial charge in [-0.15, -0.1) is 11.8 Å². The average Bonchev–Trinajstić information content (AvgIpc) is 2.29. The van der Waals surface area contributed by atoms with Crippen LogP contribution in [0.25, 0.3) is 0 Å². The van der Waals surface area contributed by atoms with Crippen molar-refractivity contribution < 1.29 is 4.79 Å². The van der Waals surface area contributed by atoms with Crippen LogP contribution in [-0.4, -0.2) is 28.1 Å². The quantitative estimate of drug-likeness (QED) is 0.771. The molecule has 1 atom stereocenters. The highest BCUT2D eigenvalue weighted by Gasteiger charge is 2.28. The standard InChI is InChI=1S/C15H23NOS/c1-6-16(15(3,4)5)14(17)12(2)18-13-10-8-7-9-11-13/h7-12H,6H2,1-5H3. The Balaban J connectivity index is 2.72. The molecule has 0 spiro atoms. The van der Waals surface area contributed by atoms with Gasteiger partial charge in [0.05, 0.1) is 5.25 Å². The van der Waals surface area contributed by atoms with Crippen LogP contribution in [0.2, 0.25) is 0 Å². The summed E-state index contributed by atoms with van der Waals surface area (Å²) in [4.78, 5) is 15.5. The SMILES string of the molecule is CCN(C(=O)C(C)Sc1ccccc1)C(C)(C)C. The Labute approximate surface area is 115 Å². The van der Waals surface area contributed by atoms with Crippen LogP contribution in [0.1, 0.15) is 34.6 Å². The van der Waals surface area contributed by atoms with Gasteiger partial charge in [-0.3, -0.25) is 4.79 Å². The van der Waals surface area contributed by atoms with Crippen molar-refractivity contribution in [3.8, 4) is 0 Å². The molecule has 0 saturated carbocycles. The van der Waals surface area contributed by atoms with Gasteiger partial charge in [0.15, 0.2) is 0 Å². The molecule has 0 heterocycles. The predicted octanol–water partition coefficient (Wildman–Crippen LogP) is 3.81. The van der Waals surface area contributed by atoms with E-state index < -0.39 is 0 Å². The molecule has 0 bridgehead atoms. The van der Waals surface area contributed by atoms with Gasteiger partial charge in [0.2, 0.25) is 5.91 Å². The normalized spacial score (nSPS) is 13.2. The molecular formula is C15H23NOS. The Morgan fingerprint density at radius 3 is 2.28 bits per heavy atom. The molecule has 1 aromatic rings. The van der Waals surface area contributed by atoms with Crippen molar-refractivity contribution >= 4 is 17.7 Å². The van der Waals surface area contributed by atoms with E-state index in [1.54, 1.807) is 11.8 Å². The molecule has 1 rings (SSSR count). The number of benzene rings is 1. The molecule has 1 unspecified atom stereocenters. The molecule has 1 amide bonds. The van der Waals surface area contributed by atoms with Gasteiger partial charge >= 0.3 is 0 Å². The van der Waals surface area contributed by atoms with Crippen LogP contribution >= 0.6 is 11.8 Å². The number of hydrogen-bond donors (Lipinski definition) is 0. The molecule has 3 heteroatoms. The second kappa shape index (κ2) is 6.28. The first-order chi connectivity index (χ1) is 8.36. The van der Waals surface area contributed by atoms with E-state index in [0.717, 1.165) is 11.4 Å². The molecule has 0 aliphatic heterocycles. The largest absolute Gasteiger partial charge is 0.337 e. The van der Waals surface area contributed by atoms with Gasteiger partial charge < -0.3 is 4.90 Å². The fraction of sp³-hybridized carbons (Fsp3) is 0.533. The Kier molecular flexibility index (Phi) is 5.27. The zero-order valence-electron chi connectivity index (χ0n) is 11.9. The second-order valence-electron chi connectivity index (χ2n) is 5.33. The van der Waals surface area contributed by atoms with Crippen molar-refractivity contribution in [2.45, 2.75) is 50.3 Å². The van der Waals surface area contributed by atoms with Gasteiger partial charge in [-0.05, 0) is 46.8 Å². The maximum Gasteiger partial charge on any atom is 0.236 e. The number of amides is 1. The number of hydrogen-bond acceptors (Lipinski definition) is 2. The van der Waals surface area contributed by atoms with Crippen molar-refractivity contribution in [1.29, 1.82) is 0 Å².